The zero-order chi connectivity index (χ0) is 53.1. The number of carbonyl (C=O) groups is 3. The number of methoxy groups -OCH3 is 1. The number of hydrogen-bond acceptors (Lipinski definition) is 12. The molecule has 16 nitrogen and oxygen atoms in total. The number of nitriles is 1. The molecule has 6 aromatic rings. The lowest BCUT2D eigenvalue weighted by Gasteiger charge is -2.40. The van der Waals surface area contributed by atoms with Crippen molar-refractivity contribution >= 4 is 59.2 Å². The number of likely N-dealkylation sites (tertiary alicyclic amines) is 2. The monoisotopic (exact) mass is 1050 g/mol. The maximum Gasteiger partial charge on any atom is 0.253 e. The summed E-state index contributed by atoms with van der Waals surface area (Å²) in [7, 11) is 2.65. The van der Waals surface area contributed by atoms with Gasteiger partial charge in [0.15, 0.2) is 0 Å². The number of fused-ring (bicyclic) bond motifs is 2. The summed E-state index contributed by atoms with van der Waals surface area (Å²) in [5.41, 5.74) is 10.7. The van der Waals surface area contributed by atoms with Crippen molar-refractivity contribution in [3.63, 3.8) is 0 Å². The van der Waals surface area contributed by atoms with Crippen molar-refractivity contribution in [2.75, 3.05) is 82.8 Å². The highest BCUT2D eigenvalue weighted by molar-refractivity contribution is 6.76. The highest BCUT2D eigenvalue weighted by atomic mass is 28.3. The molecule has 4 aliphatic heterocycles. The molecule has 1 unspecified atom stereocenters. The number of piperazine rings is 1. The number of aromatic nitrogens is 4. The van der Waals surface area contributed by atoms with Crippen molar-refractivity contribution in [3.05, 3.63) is 107 Å². The molecule has 76 heavy (non-hydrogen) atoms. The molecule has 3 aromatic heterocycles. The molecular formula is C59H75N11O5Si. The van der Waals surface area contributed by atoms with Gasteiger partial charge < -0.3 is 33.7 Å². The van der Waals surface area contributed by atoms with E-state index >= 15 is 0 Å². The number of piperidine rings is 3. The molecule has 2 atom stereocenters. The fourth-order valence-corrected chi connectivity index (χ4v) is 12.7. The van der Waals surface area contributed by atoms with Crippen molar-refractivity contribution in [2.45, 2.75) is 102 Å². The summed E-state index contributed by atoms with van der Waals surface area (Å²) in [4.78, 5) is 56.9. The van der Waals surface area contributed by atoms with E-state index in [2.05, 4.69) is 117 Å². The maximum absolute atomic E-state index is 13.8. The van der Waals surface area contributed by atoms with Crippen LogP contribution in [0.2, 0.25) is 25.7 Å². The quantitative estimate of drug-likeness (QED) is 0.0508. The largest absolute Gasteiger partial charge is 0.377 e. The Morgan fingerprint density at radius 1 is 0.908 bits per heavy atom. The van der Waals surface area contributed by atoms with Crippen LogP contribution in [0.5, 0.6) is 0 Å². The van der Waals surface area contributed by atoms with Gasteiger partial charge in [-0.1, -0.05) is 37.8 Å². The first-order valence-electron chi connectivity index (χ1n) is 27.5. The third kappa shape index (κ3) is 11.8. The van der Waals surface area contributed by atoms with Gasteiger partial charge in [-0.3, -0.25) is 29.5 Å². The van der Waals surface area contributed by atoms with Crippen LogP contribution in [0, 0.1) is 17.2 Å². The topological polar surface area (TPSA) is 166 Å². The molecule has 17 heteroatoms. The van der Waals surface area contributed by atoms with Crippen LogP contribution in [-0.2, 0) is 39.4 Å². The Morgan fingerprint density at radius 3 is 2.38 bits per heavy atom. The summed E-state index contributed by atoms with van der Waals surface area (Å²) >= 11 is 0. The first-order chi connectivity index (χ1) is 36.7. The van der Waals surface area contributed by atoms with E-state index in [9.17, 15) is 19.6 Å². The highest BCUT2D eigenvalue weighted by Gasteiger charge is 2.31. The van der Waals surface area contributed by atoms with E-state index in [0.717, 1.165) is 148 Å². The second-order valence-corrected chi connectivity index (χ2v) is 28.4. The summed E-state index contributed by atoms with van der Waals surface area (Å²) in [5.74, 6) is 1.40. The number of imidazole rings is 1. The molecule has 0 radical (unpaired) electrons. The normalized spacial score (nSPS) is 19.1. The van der Waals surface area contributed by atoms with Gasteiger partial charge >= 0.3 is 0 Å². The minimum Gasteiger partial charge on any atom is -0.377 e. The van der Waals surface area contributed by atoms with Crippen LogP contribution in [0.25, 0.3) is 33.2 Å². The average molecular weight is 1050 g/mol. The van der Waals surface area contributed by atoms with Gasteiger partial charge in [0.2, 0.25) is 11.8 Å². The number of nitrogens with one attached hydrogen (secondary N) is 2. The molecule has 0 aliphatic carbocycles. The average Bonchev–Trinajstić information content (AvgIpc) is 3.97. The number of anilines is 2. The van der Waals surface area contributed by atoms with E-state index in [1.807, 2.05) is 35.4 Å². The van der Waals surface area contributed by atoms with E-state index in [1.165, 1.54) is 11.3 Å². The van der Waals surface area contributed by atoms with Crippen LogP contribution in [-0.4, -0.2) is 138 Å². The minimum atomic E-state index is -1.20. The Labute approximate surface area is 448 Å². The summed E-state index contributed by atoms with van der Waals surface area (Å²) in [6, 6.07) is 28.3. The molecule has 0 bridgehead atoms. The van der Waals surface area contributed by atoms with E-state index in [4.69, 9.17) is 19.4 Å². The van der Waals surface area contributed by atoms with Gasteiger partial charge in [0, 0.05) is 116 Å². The number of pyridine rings is 1. The van der Waals surface area contributed by atoms with Gasteiger partial charge in [0.25, 0.3) is 5.91 Å². The predicted octanol–water partition coefficient (Wildman–Crippen LogP) is 8.75. The van der Waals surface area contributed by atoms with Crippen molar-refractivity contribution in [2.24, 2.45) is 13.0 Å². The van der Waals surface area contributed by atoms with E-state index in [0.29, 0.717) is 49.3 Å². The lowest BCUT2D eigenvalue weighted by atomic mass is 9.88. The van der Waals surface area contributed by atoms with E-state index < -0.39 is 14.1 Å². The van der Waals surface area contributed by atoms with Gasteiger partial charge in [-0.15, -0.1) is 0 Å². The van der Waals surface area contributed by atoms with Crippen molar-refractivity contribution in [1.29, 1.82) is 5.26 Å². The summed E-state index contributed by atoms with van der Waals surface area (Å²) in [6.07, 6.45) is 6.76. The molecule has 4 saturated heterocycles. The number of benzene rings is 3. The number of aryl methyl sites for hydroxylation is 1. The zero-order valence-electron chi connectivity index (χ0n) is 45.3. The lowest BCUT2D eigenvalue weighted by molar-refractivity contribution is -0.133. The molecule has 3 aromatic carbocycles. The summed E-state index contributed by atoms with van der Waals surface area (Å²) < 4.78 is 16.1. The van der Waals surface area contributed by atoms with E-state index in [-0.39, 0.29) is 23.8 Å². The number of hydrogen-bond donors (Lipinski definition) is 2. The third-order valence-corrected chi connectivity index (χ3v) is 18.3. The number of imide groups is 1. The van der Waals surface area contributed by atoms with Gasteiger partial charge in [-0.05, 0) is 141 Å². The van der Waals surface area contributed by atoms with Crippen molar-refractivity contribution < 1.29 is 23.9 Å². The standard InChI is InChI=1S/C59H75N11O5Si/c1-40(54-35-49-48(17-22-61-57(49)65(54)2)45-11-14-53-51(34-45)63-55(38-74-3)70(53)39-75-31-32-76(4,5)6)67-25-20-43(21-26-67)42-7-9-44(10-8-42)59(73)69-23-18-41(19-24-69)37-66-27-29-68(30-28-66)52-15-12-47(33-46(52)36-60)62-50-13-16-56(71)64-58(50)72/h7-12,14-15,17,22,33-35,40-41,43,50,62H,13,16,18-21,23-32,37-39H2,1-6H3,(H,64,71,72)/t40-,50?/m0/s1. The fraction of sp³-hybridized carbons (Fsp3) is 0.492. The molecular weight excluding hydrogens is 971 g/mol. The molecule has 3 amide bonds. The number of amides is 3. The molecule has 0 spiro atoms. The molecule has 4 aliphatic rings. The Kier molecular flexibility index (Phi) is 16.1. The van der Waals surface area contributed by atoms with Crippen LogP contribution < -0.4 is 15.5 Å². The molecule has 7 heterocycles. The Hall–Kier alpha value is -6.42. The van der Waals surface area contributed by atoms with Crippen molar-refractivity contribution in [3.8, 4) is 17.2 Å². The van der Waals surface area contributed by atoms with E-state index in [1.54, 1.807) is 13.2 Å². The zero-order valence-corrected chi connectivity index (χ0v) is 46.3. The van der Waals surface area contributed by atoms with Gasteiger partial charge in [-0.2, -0.15) is 5.26 Å². The smallest absolute Gasteiger partial charge is 0.253 e. The molecule has 400 valence electrons. The van der Waals surface area contributed by atoms with Crippen LogP contribution in [0.4, 0.5) is 11.4 Å². The lowest BCUT2D eigenvalue weighted by Crippen LogP contribution is -2.49. The maximum atomic E-state index is 13.8. The van der Waals surface area contributed by atoms with Crippen LogP contribution in [0.1, 0.15) is 90.4 Å². The molecule has 4 fully saturated rings. The Balaban J connectivity index is 0.688. The summed E-state index contributed by atoms with van der Waals surface area (Å²) in [5, 5.41) is 16.7. The number of carbonyl (C=O) groups excluding carboxylic acids is 3. The fourth-order valence-electron chi connectivity index (χ4n) is 11.9. The second kappa shape index (κ2) is 23.0. The Bertz CT molecular complexity index is 3100. The van der Waals surface area contributed by atoms with Crippen molar-refractivity contribution in [1.82, 2.24) is 39.1 Å². The van der Waals surface area contributed by atoms with Gasteiger partial charge in [0.05, 0.1) is 22.3 Å². The number of ether oxygens (including phenoxy) is 2. The third-order valence-electron chi connectivity index (χ3n) is 16.6. The summed E-state index contributed by atoms with van der Waals surface area (Å²) in [6.45, 7) is 19.1. The Morgan fingerprint density at radius 2 is 1.67 bits per heavy atom. The van der Waals surface area contributed by atoms with Crippen LogP contribution in [0.3, 0.4) is 0 Å². The van der Waals surface area contributed by atoms with Gasteiger partial charge in [0.1, 0.15) is 36.9 Å². The first-order valence-corrected chi connectivity index (χ1v) is 31.2. The van der Waals surface area contributed by atoms with Crippen LogP contribution >= 0.6 is 0 Å². The SMILES string of the molecule is COCc1nc2cc(-c3ccnc4c3cc([C@H](C)N3CCC(c5ccc(C(=O)N6CCC(CN7CCN(c8ccc(NC9CCC(=O)NC9=O)cc8C#N)CC7)CC6)cc5)CC3)n4C)ccc2n1COCC[Si](C)(C)C. The minimum absolute atomic E-state index is 0.127. The van der Waals surface area contributed by atoms with Crippen LogP contribution in [0.15, 0.2) is 79.0 Å². The predicted molar refractivity (Wildman–Crippen MR) is 301 cm³/mol. The number of nitrogens with zero attached hydrogens (tertiary/aromatic N) is 9. The molecule has 10 rings (SSSR count). The molecule has 0 saturated carbocycles. The first kappa shape index (κ1) is 53.0. The van der Waals surface area contributed by atoms with Gasteiger partial charge in [-0.25, -0.2) is 9.97 Å². The molecule has 2 N–H and O–H groups in total. The number of rotatable bonds is 17. The highest BCUT2D eigenvalue weighted by Crippen LogP contribution is 2.37. The second-order valence-electron chi connectivity index (χ2n) is 22.8.